The summed E-state index contributed by atoms with van der Waals surface area (Å²) >= 11 is 0. The lowest BCUT2D eigenvalue weighted by Crippen LogP contribution is -2.49. The zero-order valence-electron chi connectivity index (χ0n) is 10.8. The van der Waals surface area contributed by atoms with Gasteiger partial charge < -0.3 is 9.63 Å². The van der Waals surface area contributed by atoms with Crippen molar-refractivity contribution in [3.8, 4) is 0 Å². The number of carbonyl (C=O) groups is 1. The molecule has 0 spiro atoms. The highest BCUT2D eigenvalue weighted by Gasteiger charge is 2.46. The molecule has 0 radical (unpaired) electrons. The number of aryl methyl sites for hydroxylation is 1. The summed E-state index contributed by atoms with van der Waals surface area (Å²) in [4.78, 5) is 17.7. The fraction of sp³-hybridized carbons (Fsp3) is 0.750. The Morgan fingerprint density at radius 3 is 2.89 bits per heavy atom. The minimum absolute atomic E-state index is 0.424. The van der Waals surface area contributed by atoms with E-state index in [9.17, 15) is 9.90 Å². The molecule has 1 fully saturated rings. The molecule has 6 heteroatoms. The number of rotatable bonds is 5. The number of nitrogens with zero attached hydrogens (tertiary/aromatic N) is 3. The van der Waals surface area contributed by atoms with E-state index in [1.807, 2.05) is 18.7 Å². The molecule has 1 aromatic heterocycles. The van der Waals surface area contributed by atoms with Gasteiger partial charge in [0.05, 0.1) is 6.54 Å². The molecular formula is C12H19N3O3. The van der Waals surface area contributed by atoms with Crippen molar-refractivity contribution in [1.82, 2.24) is 15.0 Å². The van der Waals surface area contributed by atoms with Gasteiger partial charge in [-0.2, -0.15) is 4.98 Å². The summed E-state index contributed by atoms with van der Waals surface area (Å²) in [6, 6.07) is 0. The van der Waals surface area contributed by atoms with Gasteiger partial charge in [0.1, 0.15) is 5.54 Å². The van der Waals surface area contributed by atoms with E-state index >= 15 is 0 Å². The van der Waals surface area contributed by atoms with Crippen molar-refractivity contribution < 1.29 is 14.4 Å². The number of carboxylic acids is 1. The quantitative estimate of drug-likeness (QED) is 0.855. The summed E-state index contributed by atoms with van der Waals surface area (Å²) in [6.45, 7) is 5.06. The minimum atomic E-state index is -0.763. The minimum Gasteiger partial charge on any atom is -0.480 e. The molecule has 2 heterocycles. The third-order valence-corrected chi connectivity index (χ3v) is 3.76. The fourth-order valence-electron chi connectivity index (χ4n) is 2.62. The second kappa shape index (κ2) is 5.06. The molecular weight excluding hydrogens is 234 g/mol. The van der Waals surface area contributed by atoms with Gasteiger partial charge >= 0.3 is 5.97 Å². The van der Waals surface area contributed by atoms with Crippen LogP contribution in [0.4, 0.5) is 0 Å². The molecule has 0 saturated carbocycles. The topological polar surface area (TPSA) is 79.5 Å². The second-order valence-corrected chi connectivity index (χ2v) is 4.67. The van der Waals surface area contributed by atoms with Crippen LogP contribution in [0, 0.1) is 0 Å². The van der Waals surface area contributed by atoms with Gasteiger partial charge in [-0.3, -0.25) is 9.69 Å². The Bertz CT molecular complexity index is 432. The highest BCUT2D eigenvalue weighted by Crippen LogP contribution is 2.33. The molecule has 1 aliphatic rings. The van der Waals surface area contributed by atoms with E-state index in [1.165, 1.54) is 0 Å². The van der Waals surface area contributed by atoms with Crippen molar-refractivity contribution in [3.63, 3.8) is 0 Å². The Kier molecular flexibility index (Phi) is 3.65. The normalized spacial score (nSPS) is 24.6. The lowest BCUT2D eigenvalue weighted by molar-refractivity contribution is -0.150. The summed E-state index contributed by atoms with van der Waals surface area (Å²) in [6.07, 6.45) is 2.90. The number of aromatic nitrogens is 2. The first-order valence-corrected chi connectivity index (χ1v) is 6.42. The van der Waals surface area contributed by atoms with Crippen molar-refractivity contribution in [3.05, 3.63) is 11.7 Å². The van der Waals surface area contributed by atoms with Gasteiger partial charge in [-0.1, -0.05) is 19.0 Å². The van der Waals surface area contributed by atoms with E-state index in [4.69, 9.17) is 4.52 Å². The van der Waals surface area contributed by atoms with Crippen LogP contribution in [0.3, 0.4) is 0 Å². The number of hydrogen-bond donors (Lipinski definition) is 1. The van der Waals surface area contributed by atoms with Crippen molar-refractivity contribution in [2.24, 2.45) is 0 Å². The average molecular weight is 253 g/mol. The molecule has 1 aromatic rings. The molecule has 1 N–H and O–H groups in total. The summed E-state index contributed by atoms with van der Waals surface area (Å²) in [7, 11) is 0. The smallest absolute Gasteiger partial charge is 0.324 e. The summed E-state index contributed by atoms with van der Waals surface area (Å²) in [5, 5.41) is 13.3. The third-order valence-electron chi connectivity index (χ3n) is 3.76. The van der Waals surface area contributed by atoms with Crippen LogP contribution in [-0.2, 0) is 17.8 Å². The van der Waals surface area contributed by atoms with Gasteiger partial charge in [0.15, 0.2) is 5.82 Å². The zero-order valence-corrected chi connectivity index (χ0v) is 10.8. The molecule has 0 amide bonds. The van der Waals surface area contributed by atoms with Crippen LogP contribution in [-0.4, -0.2) is 38.2 Å². The molecule has 2 rings (SSSR count). The largest absolute Gasteiger partial charge is 0.480 e. The molecule has 1 unspecified atom stereocenters. The highest BCUT2D eigenvalue weighted by molar-refractivity contribution is 5.79. The maximum atomic E-state index is 11.5. The second-order valence-electron chi connectivity index (χ2n) is 4.67. The Morgan fingerprint density at radius 1 is 1.56 bits per heavy atom. The number of hydrogen-bond acceptors (Lipinski definition) is 5. The van der Waals surface area contributed by atoms with Crippen LogP contribution < -0.4 is 0 Å². The van der Waals surface area contributed by atoms with Crippen LogP contribution in [0.2, 0.25) is 0 Å². The summed E-state index contributed by atoms with van der Waals surface area (Å²) in [5.41, 5.74) is -0.763. The number of likely N-dealkylation sites (tertiary alicyclic amines) is 1. The lowest BCUT2D eigenvalue weighted by Gasteiger charge is -2.32. The molecule has 6 nitrogen and oxygen atoms in total. The van der Waals surface area contributed by atoms with Gasteiger partial charge in [0.2, 0.25) is 5.89 Å². The number of aliphatic carboxylic acids is 1. The van der Waals surface area contributed by atoms with Crippen LogP contribution in [0.5, 0.6) is 0 Å². The monoisotopic (exact) mass is 253 g/mol. The molecule has 100 valence electrons. The SMILES string of the molecule is CCc1noc(CN2CCCC2(CC)C(=O)O)n1. The van der Waals surface area contributed by atoms with E-state index < -0.39 is 11.5 Å². The van der Waals surface area contributed by atoms with E-state index in [0.29, 0.717) is 31.1 Å². The van der Waals surface area contributed by atoms with Crippen LogP contribution in [0.25, 0.3) is 0 Å². The third kappa shape index (κ3) is 2.12. The van der Waals surface area contributed by atoms with Crippen LogP contribution in [0.1, 0.15) is 44.8 Å². The lowest BCUT2D eigenvalue weighted by atomic mass is 9.93. The van der Waals surface area contributed by atoms with E-state index in [2.05, 4.69) is 10.1 Å². The van der Waals surface area contributed by atoms with Crippen molar-refractivity contribution in [2.75, 3.05) is 6.54 Å². The maximum Gasteiger partial charge on any atom is 0.324 e. The van der Waals surface area contributed by atoms with Crippen molar-refractivity contribution in [2.45, 2.75) is 51.6 Å². The molecule has 1 saturated heterocycles. The van der Waals surface area contributed by atoms with E-state index in [1.54, 1.807) is 0 Å². The van der Waals surface area contributed by atoms with E-state index in [-0.39, 0.29) is 0 Å². The van der Waals surface area contributed by atoms with Crippen molar-refractivity contribution >= 4 is 5.97 Å². The molecule has 1 aliphatic heterocycles. The van der Waals surface area contributed by atoms with Gasteiger partial charge in [-0.05, 0) is 25.8 Å². The van der Waals surface area contributed by atoms with Gasteiger partial charge in [0, 0.05) is 6.42 Å². The van der Waals surface area contributed by atoms with Gasteiger partial charge in [-0.25, -0.2) is 0 Å². The van der Waals surface area contributed by atoms with Gasteiger partial charge in [0.25, 0.3) is 0 Å². The van der Waals surface area contributed by atoms with Gasteiger partial charge in [-0.15, -0.1) is 0 Å². The summed E-state index contributed by atoms with van der Waals surface area (Å²) < 4.78 is 5.14. The first-order chi connectivity index (χ1) is 8.62. The fourth-order valence-corrected chi connectivity index (χ4v) is 2.62. The standard InChI is InChI=1S/C12H19N3O3/c1-3-9-13-10(18-14-9)8-15-7-5-6-12(15,4-2)11(16)17/h3-8H2,1-2H3,(H,16,17). The summed E-state index contributed by atoms with van der Waals surface area (Å²) in [5.74, 6) is 0.423. The predicted molar refractivity (Wildman–Crippen MR) is 64.0 cm³/mol. The predicted octanol–water partition coefficient (Wildman–Crippen LogP) is 1.46. The molecule has 0 bridgehead atoms. The highest BCUT2D eigenvalue weighted by atomic mass is 16.5. The first kappa shape index (κ1) is 13.0. The number of carboxylic acid groups (broad SMARTS) is 1. The maximum absolute atomic E-state index is 11.5. The van der Waals surface area contributed by atoms with Crippen LogP contribution in [0.15, 0.2) is 4.52 Å². The van der Waals surface area contributed by atoms with Crippen LogP contribution >= 0.6 is 0 Å². The van der Waals surface area contributed by atoms with Crippen molar-refractivity contribution in [1.29, 1.82) is 0 Å². The Labute approximate surface area is 106 Å². The molecule has 0 aliphatic carbocycles. The Balaban J connectivity index is 2.14. The first-order valence-electron chi connectivity index (χ1n) is 6.42. The Hall–Kier alpha value is -1.43. The molecule has 0 aromatic carbocycles. The zero-order chi connectivity index (χ0) is 13.2. The molecule has 18 heavy (non-hydrogen) atoms. The average Bonchev–Trinajstić information content (AvgIpc) is 2.96. The molecule has 1 atom stereocenters. The Morgan fingerprint density at radius 2 is 2.33 bits per heavy atom. The van der Waals surface area contributed by atoms with E-state index in [0.717, 1.165) is 19.4 Å².